The van der Waals surface area contributed by atoms with Gasteiger partial charge in [0.15, 0.2) is 0 Å². The summed E-state index contributed by atoms with van der Waals surface area (Å²) < 4.78 is 27.4. The van der Waals surface area contributed by atoms with E-state index in [4.69, 9.17) is 0 Å². The molecule has 0 aliphatic carbocycles. The van der Waals surface area contributed by atoms with E-state index in [9.17, 15) is 13.2 Å². The van der Waals surface area contributed by atoms with Gasteiger partial charge in [-0.1, -0.05) is 48.5 Å². The zero-order valence-electron chi connectivity index (χ0n) is 19.6. The lowest BCUT2D eigenvalue weighted by atomic mass is 10.00. The van der Waals surface area contributed by atoms with Crippen molar-refractivity contribution in [3.63, 3.8) is 0 Å². The highest BCUT2D eigenvalue weighted by Crippen LogP contribution is 2.23. The number of anilines is 2. The van der Waals surface area contributed by atoms with Crippen LogP contribution in [0.15, 0.2) is 102 Å². The number of aromatic nitrogens is 1. The van der Waals surface area contributed by atoms with Gasteiger partial charge in [0.05, 0.1) is 4.90 Å². The lowest BCUT2D eigenvalue weighted by molar-refractivity contribution is 0.0951. The molecule has 0 radical (unpaired) electrons. The molecular weight excluding hydrogens is 472 g/mol. The number of amides is 1. The molecule has 0 atom stereocenters. The van der Waals surface area contributed by atoms with Crippen molar-refractivity contribution in [1.82, 2.24) is 10.3 Å². The lowest BCUT2D eigenvalue weighted by Crippen LogP contribution is -2.31. The fourth-order valence-corrected chi connectivity index (χ4v) is 5.27. The summed E-state index contributed by atoms with van der Waals surface area (Å²) in [5.74, 6) is 0.678. The van der Waals surface area contributed by atoms with E-state index in [2.05, 4.69) is 44.2 Å². The average molecular weight is 499 g/mol. The number of rotatable bonds is 7. The van der Waals surface area contributed by atoms with E-state index in [-0.39, 0.29) is 10.8 Å². The Hall–Kier alpha value is -4.17. The molecule has 1 aromatic heterocycles. The highest BCUT2D eigenvalue weighted by molar-refractivity contribution is 7.92. The van der Waals surface area contributed by atoms with Gasteiger partial charge >= 0.3 is 0 Å². The molecule has 0 bridgehead atoms. The zero-order chi connectivity index (χ0) is 25.0. The topological polar surface area (TPSA) is 91.4 Å². The van der Waals surface area contributed by atoms with Crippen molar-refractivity contribution >= 4 is 27.4 Å². The SMILES string of the molecule is O=C(NCc1ccc(N2CCc3ccccc3C2)nc1)c1ccc(NS(=O)(=O)c2ccccc2)cc1. The van der Waals surface area contributed by atoms with Crippen molar-refractivity contribution in [2.24, 2.45) is 0 Å². The van der Waals surface area contributed by atoms with Crippen LogP contribution in [0.3, 0.4) is 0 Å². The Bertz CT molecular complexity index is 1460. The van der Waals surface area contributed by atoms with Crippen molar-refractivity contribution in [3.05, 3.63) is 119 Å². The molecule has 5 rings (SSSR count). The third-order valence-corrected chi connectivity index (χ3v) is 7.57. The van der Waals surface area contributed by atoms with Crippen LogP contribution in [0.4, 0.5) is 11.5 Å². The number of carbonyl (C=O) groups excluding carboxylic acids is 1. The van der Waals surface area contributed by atoms with Gasteiger partial charge in [-0.15, -0.1) is 0 Å². The molecule has 0 unspecified atom stereocenters. The van der Waals surface area contributed by atoms with Gasteiger partial charge in [0.25, 0.3) is 15.9 Å². The van der Waals surface area contributed by atoms with Gasteiger partial charge in [0, 0.05) is 37.1 Å². The summed E-state index contributed by atoms with van der Waals surface area (Å²) >= 11 is 0. The van der Waals surface area contributed by atoms with Gasteiger partial charge in [-0.3, -0.25) is 9.52 Å². The summed E-state index contributed by atoms with van der Waals surface area (Å²) in [6.07, 6.45) is 2.79. The van der Waals surface area contributed by atoms with Crippen LogP contribution in [-0.2, 0) is 29.5 Å². The minimum atomic E-state index is -3.68. The predicted octanol–water partition coefficient (Wildman–Crippen LogP) is 4.38. The Labute approximate surface area is 210 Å². The first kappa shape index (κ1) is 23.6. The maximum Gasteiger partial charge on any atom is 0.261 e. The Morgan fingerprint density at radius 2 is 1.58 bits per heavy atom. The molecule has 1 aliphatic heterocycles. The maximum absolute atomic E-state index is 12.6. The second kappa shape index (κ2) is 10.2. The first-order chi connectivity index (χ1) is 17.5. The molecule has 3 aromatic carbocycles. The molecule has 7 nitrogen and oxygen atoms in total. The second-order valence-electron chi connectivity index (χ2n) is 8.64. The quantitative estimate of drug-likeness (QED) is 0.395. The molecule has 0 spiro atoms. The summed E-state index contributed by atoms with van der Waals surface area (Å²) in [7, 11) is -3.68. The second-order valence-corrected chi connectivity index (χ2v) is 10.3. The normalized spacial score (nSPS) is 13.1. The largest absolute Gasteiger partial charge is 0.352 e. The molecule has 1 aliphatic rings. The van der Waals surface area contributed by atoms with E-state index in [0.29, 0.717) is 17.8 Å². The third-order valence-electron chi connectivity index (χ3n) is 6.17. The van der Waals surface area contributed by atoms with E-state index in [1.165, 1.54) is 23.3 Å². The first-order valence-corrected chi connectivity index (χ1v) is 13.2. The van der Waals surface area contributed by atoms with E-state index in [1.54, 1.807) is 48.7 Å². The number of nitrogens with one attached hydrogen (secondary N) is 2. The Balaban J connectivity index is 1.15. The number of fused-ring (bicyclic) bond motifs is 1. The number of carbonyl (C=O) groups is 1. The molecule has 4 aromatic rings. The third kappa shape index (κ3) is 5.39. The molecule has 182 valence electrons. The summed E-state index contributed by atoms with van der Waals surface area (Å²) in [4.78, 5) is 19.6. The highest BCUT2D eigenvalue weighted by atomic mass is 32.2. The molecule has 0 fully saturated rings. The number of hydrogen-bond donors (Lipinski definition) is 2. The summed E-state index contributed by atoms with van der Waals surface area (Å²) in [5.41, 5.74) is 4.46. The fraction of sp³-hybridized carbons (Fsp3) is 0.143. The molecular formula is C28H26N4O3S. The van der Waals surface area contributed by atoms with Crippen LogP contribution in [-0.4, -0.2) is 25.9 Å². The molecule has 0 saturated heterocycles. The molecule has 0 saturated carbocycles. The van der Waals surface area contributed by atoms with E-state index in [1.807, 2.05) is 12.1 Å². The Kier molecular flexibility index (Phi) is 6.69. The van der Waals surface area contributed by atoms with Crippen molar-refractivity contribution in [2.75, 3.05) is 16.2 Å². The maximum atomic E-state index is 12.6. The summed E-state index contributed by atoms with van der Waals surface area (Å²) in [6, 6.07) is 26.9. The minimum absolute atomic E-state index is 0.177. The van der Waals surface area contributed by atoms with Crippen LogP contribution in [0.2, 0.25) is 0 Å². The van der Waals surface area contributed by atoms with Gasteiger partial charge in [-0.25, -0.2) is 13.4 Å². The minimum Gasteiger partial charge on any atom is -0.352 e. The van der Waals surface area contributed by atoms with E-state index < -0.39 is 10.0 Å². The molecule has 2 N–H and O–H groups in total. The van der Waals surface area contributed by atoms with Gasteiger partial charge in [0.1, 0.15) is 5.82 Å². The smallest absolute Gasteiger partial charge is 0.261 e. The van der Waals surface area contributed by atoms with Crippen molar-refractivity contribution in [2.45, 2.75) is 24.4 Å². The van der Waals surface area contributed by atoms with Crippen LogP contribution in [0.1, 0.15) is 27.0 Å². The van der Waals surface area contributed by atoms with E-state index in [0.717, 1.165) is 30.9 Å². The molecule has 36 heavy (non-hydrogen) atoms. The van der Waals surface area contributed by atoms with Crippen molar-refractivity contribution in [1.29, 1.82) is 0 Å². The van der Waals surface area contributed by atoms with Crippen molar-refractivity contribution < 1.29 is 13.2 Å². The van der Waals surface area contributed by atoms with E-state index >= 15 is 0 Å². The van der Waals surface area contributed by atoms with Gasteiger partial charge in [-0.05, 0) is 65.6 Å². The standard InChI is InChI=1S/C28H26N4O3S/c33-28(23-11-13-25(14-12-23)31-36(34,35)26-8-2-1-3-9-26)30-19-21-10-15-27(29-18-21)32-17-16-22-6-4-5-7-24(22)20-32/h1-15,18,31H,16-17,19-20H2,(H,30,33). The van der Waals surface area contributed by atoms with Crippen molar-refractivity contribution in [3.8, 4) is 0 Å². The number of pyridine rings is 1. The number of nitrogens with zero attached hydrogens (tertiary/aromatic N) is 2. The lowest BCUT2D eigenvalue weighted by Gasteiger charge is -2.29. The zero-order valence-corrected chi connectivity index (χ0v) is 20.4. The monoisotopic (exact) mass is 498 g/mol. The van der Waals surface area contributed by atoms with Crippen LogP contribution in [0.25, 0.3) is 0 Å². The van der Waals surface area contributed by atoms with Crippen LogP contribution in [0.5, 0.6) is 0 Å². The van der Waals surface area contributed by atoms with Crippen LogP contribution >= 0.6 is 0 Å². The summed E-state index contributed by atoms with van der Waals surface area (Å²) in [6.45, 7) is 2.12. The number of benzene rings is 3. The first-order valence-electron chi connectivity index (χ1n) is 11.7. The Morgan fingerprint density at radius 1 is 0.861 bits per heavy atom. The number of sulfonamides is 1. The Morgan fingerprint density at radius 3 is 2.31 bits per heavy atom. The number of hydrogen-bond acceptors (Lipinski definition) is 5. The molecule has 8 heteroatoms. The fourth-order valence-electron chi connectivity index (χ4n) is 4.19. The van der Waals surface area contributed by atoms with Gasteiger partial charge < -0.3 is 10.2 Å². The van der Waals surface area contributed by atoms with Gasteiger partial charge in [-0.2, -0.15) is 0 Å². The predicted molar refractivity (Wildman–Crippen MR) is 140 cm³/mol. The van der Waals surface area contributed by atoms with Crippen LogP contribution < -0.4 is 14.9 Å². The van der Waals surface area contributed by atoms with Crippen LogP contribution in [0, 0.1) is 0 Å². The highest BCUT2D eigenvalue weighted by Gasteiger charge is 2.17. The summed E-state index contributed by atoms with van der Waals surface area (Å²) in [5, 5.41) is 2.89. The van der Waals surface area contributed by atoms with Gasteiger partial charge in [0.2, 0.25) is 0 Å². The average Bonchev–Trinajstić information content (AvgIpc) is 2.92. The molecule has 2 heterocycles. The molecule has 1 amide bonds.